The van der Waals surface area contributed by atoms with Crippen molar-refractivity contribution in [3.63, 3.8) is 0 Å². The van der Waals surface area contributed by atoms with Crippen molar-refractivity contribution in [2.45, 2.75) is 26.2 Å². The van der Waals surface area contributed by atoms with Crippen LogP contribution in [0.4, 0.5) is 0 Å². The highest BCUT2D eigenvalue weighted by molar-refractivity contribution is 5.70. The highest BCUT2D eigenvalue weighted by Crippen LogP contribution is 2.42. The number of rotatable bonds is 6. The van der Waals surface area contributed by atoms with Crippen molar-refractivity contribution < 1.29 is 25.2 Å². The predicted molar refractivity (Wildman–Crippen MR) is 73.8 cm³/mol. The molecule has 3 unspecified atom stereocenters. The lowest BCUT2D eigenvalue weighted by atomic mass is 9.82. The molecule has 0 aliphatic rings. The second kappa shape index (κ2) is 6.47. The lowest BCUT2D eigenvalue weighted by Gasteiger charge is -2.24. The number of benzene rings is 1. The molecule has 1 aromatic rings. The molecule has 3 atom stereocenters. The van der Waals surface area contributed by atoms with Crippen LogP contribution in [0.15, 0.2) is 12.1 Å². The van der Waals surface area contributed by atoms with E-state index in [1.165, 1.54) is 12.1 Å². The van der Waals surface area contributed by atoms with Gasteiger partial charge < -0.3 is 26.2 Å². The van der Waals surface area contributed by atoms with Gasteiger partial charge in [0.1, 0.15) is 0 Å². The summed E-state index contributed by atoms with van der Waals surface area (Å²) >= 11 is 0. The van der Waals surface area contributed by atoms with Crippen LogP contribution in [-0.2, 0) is 4.79 Å². The van der Waals surface area contributed by atoms with Crippen molar-refractivity contribution in [3.05, 3.63) is 17.7 Å². The Hall–Kier alpha value is -1.95. The second-order valence-electron chi connectivity index (χ2n) is 5.14. The Morgan fingerprint density at radius 1 is 1.20 bits per heavy atom. The summed E-state index contributed by atoms with van der Waals surface area (Å²) in [6.07, 6.45) is 0.369. The fourth-order valence-electron chi connectivity index (χ4n) is 2.21. The molecule has 0 bridgehead atoms. The van der Waals surface area contributed by atoms with E-state index in [1.807, 2.05) is 13.8 Å². The van der Waals surface area contributed by atoms with Gasteiger partial charge in [-0.1, -0.05) is 19.9 Å². The summed E-state index contributed by atoms with van der Waals surface area (Å²) in [6, 6.07) is 2.81. The van der Waals surface area contributed by atoms with E-state index in [0.717, 1.165) is 0 Å². The van der Waals surface area contributed by atoms with Crippen LogP contribution in [-0.4, -0.2) is 32.9 Å². The SMILES string of the molecule is CC(CC(CN)C(=O)O)C(C)c1ccc(O)c(O)c1O. The minimum Gasteiger partial charge on any atom is -0.504 e. The highest BCUT2D eigenvalue weighted by atomic mass is 16.4. The third-order valence-electron chi connectivity index (χ3n) is 3.80. The Kier molecular flexibility index (Phi) is 5.21. The van der Waals surface area contributed by atoms with E-state index in [0.29, 0.717) is 12.0 Å². The smallest absolute Gasteiger partial charge is 0.307 e. The molecule has 0 saturated heterocycles. The summed E-state index contributed by atoms with van der Waals surface area (Å²) in [7, 11) is 0. The van der Waals surface area contributed by atoms with Gasteiger partial charge >= 0.3 is 5.97 Å². The standard InChI is InChI=1S/C14H21NO5/c1-7(5-9(6-15)14(19)20)8(2)10-3-4-11(16)13(18)12(10)17/h3-4,7-9,16-18H,5-6,15H2,1-2H3,(H,19,20). The van der Waals surface area contributed by atoms with Crippen molar-refractivity contribution in [1.29, 1.82) is 0 Å². The molecule has 0 aromatic heterocycles. The number of aliphatic carboxylic acids is 1. The van der Waals surface area contributed by atoms with Crippen molar-refractivity contribution in [2.75, 3.05) is 6.54 Å². The third kappa shape index (κ3) is 3.33. The maximum Gasteiger partial charge on any atom is 0.307 e. The van der Waals surface area contributed by atoms with E-state index < -0.39 is 23.4 Å². The number of aromatic hydroxyl groups is 3. The molecule has 0 aliphatic heterocycles. The van der Waals surface area contributed by atoms with Gasteiger partial charge in [-0.3, -0.25) is 4.79 Å². The molecule has 0 spiro atoms. The molecule has 0 radical (unpaired) electrons. The molecule has 1 rings (SSSR count). The first-order valence-corrected chi connectivity index (χ1v) is 6.46. The average Bonchev–Trinajstić information content (AvgIpc) is 2.41. The number of carbonyl (C=O) groups is 1. The van der Waals surface area contributed by atoms with E-state index >= 15 is 0 Å². The largest absolute Gasteiger partial charge is 0.504 e. The minimum absolute atomic E-state index is 0.0548. The van der Waals surface area contributed by atoms with Crippen molar-refractivity contribution >= 4 is 5.97 Å². The van der Waals surface area contributed by atoms with Gasteiger partial charge in [0.05, 0.1) is 5.92 Å². The summed E-state index contributed by atoms with van der Waals surface area (Å²) in [6.45, 7) is 3.74. The van der Waals surface area contributed by atoms with Gasteiger partial charge in [0.15, 0.2) is 11.5 Å². The van der Waals surface area contributed by atoms with Crippen LogP contribution in [0.3, 0.4) is 0 Å². The second-order valence-corrected chi connectivity index (χ2v) is 5.14. The quantitative estimate of drug-likeness (QED) is 0.505. The number of phenols is 3. The van der Waals surface area contributed by atoms with Crippen LogP contribution >= 0.6 is 0 Å². The molecule has 0 amide bonds. The van der Waals surface area contributed by atoms with E-state index in [4.69, 9.17) is 10.8 Å². The molecule has 6 N–H and O–H groups in total. The molecular formula is C14H21NO5. The first-order chi connectivity index (χ1) is 9.29. The molecule has 20 heavy (non-hydrogen) atoms. The maximum atomic E-state index is 11.0. The van der Waals surface area contributed by atoms with Gasteiger partial charge in [-0.15, -0.1) is 0 Å². The summed E-state index contributed by atoms with van der Waals surface area (Å²) in [4.78, 5) is 11.0. The predicted octanol–water partition coefficient (Wildman–Crippen LogP) is 1.59. The maximum absolute atomic E-state index is 11.0. The van der Waals surface area contributed by atoms with Crippen molar-refractivity contribution in [2.24, 2.45) is 17.6 Å². The van der Waals surface area contributed by atoms with E-state index in [-0.39, 0.29) is 24.1 Å². The molecule has 1 aromatic carbocycles. The zero-order valence-corrected chi connectivity index (χ0v) is 11.6. The van der Waals surface area contributed by atoms with Crippen LogP contribution in [0.25, 0.3) is 0 Å². The number of carboxylic acid groups (broad SMARTS) is 1. The molecule has 112 valence electrons. The minimum atomic E-state index is -0.940. The first-order valence-electron chi connectivity index (χ1n) is 6.46. The van der Waals surface area contributed by atoms with Gasteiger partial charge in [-0.25, -0.2) is 0 Å². The van der Waals surface area contributed by atoms with Crippen LogP contribution < -0.4 is 5.73 Å². The van der Waals surface area contributed by atoms with Crippen molar-refractivity contribution in [3.8, 4) is 17.2 Å². The van der Waals surface area contributed by atoms with Crippen LogP contribution in [0.5, 0.6) is 17.2 Å². The summed E-state index contributed by atoms with van der Waals surface area (Å²) < 4.78 is 0. The molecule has 6 nitrogen and oxygen atoms in total. The van der Waals surface area contributed by atoms with Gasteiger partial charge in [0, 0.05) is 12.1 Å². The average molecular weight is 283 g/mol. The summed E-state index contributed by atoms with van der Waals surface area (Å²) in [5.74, 6) is -3.15. The Labute approximate surface area is 117 Å². The Morgan fingerprint density at radius 3 is 2.30 bits per heavy atom. The zero-order chi connectivity index (χ0) is 15.4. The fraction of sp³-hybridized carbons (Fsp3) is 0.500. The summed E-state index contributed by atoms with van der Waals surface area (Å²) in [5, 5.41) is 37.7. The van der Waals surface area contributed by atoms with Gasteiger partial charge in [0.25, 0.3) is 0 Å². The first kappa shape index (κ1) is 16.1. The molecule has 0 fully saturated rings. The van der Waals surface area contributed by atoms with Crippen LogP contribution in [0, 0.1) is 11.8 Å². The van der Waals surface area contributed by atoms with Crippen LogP contribution in [0.1, 0.15) is 31.7 Å². The van der Waals surface area contributed by atoms with E-state index in [2.05, 4.69) is 0 Å². The monoisotopic (exact) mass is 283 g/mol. The fourth-order valence-corrected chi connectivity index (χ4v) is 2.21. The molecule has 0 heterocycles. The van der Waals surface area contributed by atoms with Gasteiger partial charge in [0.2, 0.25) is 5.75 Å². The lowest BCUT2D eigenvalue weighted by Crippen LogP contribution is -2.26. The normalized spacial score (nSPS) is 15.6. The van der Waals surface area contributed by atoms with Gasteiger partial charge in [-0.2, -0.15) is 0 Å². The zero-order valence-electron chi connectivity index (χ0n) is 11.6. The molecule has 6 heteroatoms. The van der Waals surface area contributed by atoms with Crippen molar-refractivity contribution in [1.82, 2.24) is 0 Å². The van der Waals surface area contributed by atoms with Crippen LogP contribution in [0.2, 0.25) is 0 Å². The summed E-state index contributed by atoms with van der Waals surface area (Å²) in [5.41, 5.74) is 5.90. The molecular weight excluding hydrogens is 262 g/mol. The Morgan fingerprint density at radius 2 is 1.80 bits per heavy atom. The number of hydrogen-bond donors (Lipinski definition) is 5. The molecule has 0 saturated carbocycles. The third-order valence-corrected chi connectivity index (χ3v) is 3.80. The number of phenolic OH excluding ortho intramolecular Hbond substituents is 3. The Bertz CT molecular complexity index is 489. The van der Waals surface area contributed by atoms with E-state index in [9.17, 15) is 20.1 Å². The topological polar surface area (TPSA) is 124 Å². The highest BCUT2D eigenvalue weighted by Gasteiger charge is 2.25. The Balaban J connectivity index is 2.92. The lowest BCUT2D eigenvalue weighted by molar-refractivity contribution is -0.142. The number of carboxylic acids is 1. The molecule has 0 aliphatic carbocycles. The number of hydrogen-bond acceptors (Lipinski definition) is 5. The van der Waals surface area contributed by atoms with Gasteiger partial charge in [-0.05, 0) is 24.3 Å². The van der Waals surface area contributed by atoms with E-state index in [1.54, 1.807) is 0 Å². The number of nitrogens with two attached hydrogens (primary N) is 1.